The zero-order valence-corrected chi connectivity index (χ0v) is 30.1. The highest BCUT2D eigenvalue weighted by atomic mass is 32.2. The third kappa shape index (κ3) is 9.74. The van der Waals surface area contributed by atoms with E-state index in [0.717, 1.165) is 28.5 Å². The Kier molecular flexibility index (Phi) is 12.7. The number of primary amides is 1. The summed E-state index contributed by atoms with van der Waals surface area (Å²) < 4.78 is 10.6. The van der Waals surface area contributed by atoms with Gasteiger partial charge in [-0.05, 0) is 77.2 Å². The molecule has 274 valence electrons. The Balaban J connectivity index is 1.49. The van der Waals surface area contributed by atoms with Gasteiger partial charge >= 0.3 is 0 Å². The van der Waals surface area contributed by atoms with Crippen LogP contribution in [0, 0.1) is 0 Å². The Hall–Kier alpha value is -6.28. The van der Waals surface area contributed by atoms with Crippen LogP contribution in [0.5, 0.6) is 17.2 Å². The molecule has 1 heterocycles. The van der Waals surface area contributed by atoms with Gasteiger partial charge in [0, 0.05) is 13.0 Å². The maximum atomic E-state index is 14.3. The van der Waals surface area contributed by atoms with Crippen LogP contribution in [-0.2, 0) is 20.8 Å². The quantitative estimate of drug-likeness (QED) is 0.0509. The van der Waals surface area contributed by atoms with E-state index in [9.17, 15) is 19.5 Å². The number of nitrogens with zero attached hydrogens (tertiary/aromatic N) is 3. The predicted molar refractivity (Wildman–Crippen MR) is 208 cm³/mol. The number of methoxy groups -OCH3 is 2. The number of carbonyl (C=O) groups excluding carboxylic acids is 3. The van der Waals surface area contributed by atoms with E-state index in [1.807, 2.05) is 60.7 Å². The number of nitrogens with two attached hydrogens (primary N) is 3. The molecule has 4 aromatic rings. The minimum atomic E-state index is -1.14. The second kappa shape index (κ2) is 17.8. The summed E-state index contributed by atoms with van der Waals surface area (Å²) in [4.78, 5) is 51.7. The third-order valence-corrected chi connectivity index (χ3v) is 9.31. The van der Waals surface area contributed by atoms with Gasteiger partial charge in [0.25, 0.3) is 5.91 Å². The molecule has 1 aliphatic heterocycles. The molecular weight excluding hydrogens is 695 g/mol. The van der Waals surface area contributed by atoms with Crippen LogP contribution in [0.1, 0.15) is 24.0 Å². The molecule has 0 aliphatic carbocycles. The van der Waals surface area contributed by atoms with Crippen LogP contribution in [-0.4, -0.2) is 71.7 Å². The zero-order chi connectivity index (χ0) is 37.9. The van der Waals surface area contributed by atoms with Crippen molar-refractivity contribution in [2.75, 3.05) is 20.8 Å². The number of hydrogen-bond acceptors (Lipinski definition) is 9. The Bertz CT molecular complexity index is 1990. The minimum Gasteiger partial charge on any atom is -0.502 e. The molecule has 0 unspecified atom stereocenters. The van der Waals surface area contributed by atoms with E-state index in [-0.39, 0.29) is 52.7 Å². The van der Waals surface area contributed by atoms with E-state index in [4.69, 9.17) is 31.7 Å². The molecule has 14 heteroatoms. The molecule has 2 atom stereocenters. The fourth-order valence-corrected chi connectivity index (χ4v) is 6.70. The average Bonchev–Trinajstić information content (AvgIpc) is 3.45. The first kappa shape index (κ1) is 38.0. The number of nitrogens with one attached hydrogen (secondary N) is 1. The molecule has 1 fully saturated rings. The van der Waals surface area contributed by atoms with Gasteiger partial charge in [-0.25, -0.2) is 4.99 Å². The van der Waals surface area contributed by atoms with Crippen LogP contribution in [0.4, 0.5) is 5.69 Å². The zero-order valence-electron chi connectivity index (χ0n) is 29.3. The first-order valence-electron chi connectivity index (χ1n) is 16.7. The van der Waals surface area contributed by atoms with E-state index in [2.05, 4.69) is 10.3 Å². The largest absolute Gasteiger partial charge is 0.502 e. The van der Waals surface area contributed by atoms with Crippen LogP contribution >= 0.6 is 11.8 Å². The number of phenols is 1. The van der Waals surface area contributed by atoms with Gasteiger partial charge in [-0.3, -0.25) is 24.3 Å². The number of benzene rings is 4. The number of thioether (sulfide) groups is 1. The summed E-state index contributed by atoms with van der Waals surface area (Å²) in [6, 6.07) is 27.4. The molecule has 5 rings (SSSR count). The number of phenolic OH excluding ortho intramolecular Hbond substituents is 1. The van der Waals surface area contributed by atoms with Crippen molar-refractivity contribution in [2.45, 2.75) is 31.3 Å². The van der Waals surface area contributed by atoms with E-state index in [0.29, 0.717) is 17.7 Å². The highest BCUT2D eigenvalue weighted by molar-refractivity contribution is 8.18. The minimum absolute atomic E-state index is 0.109. The number of carbonyl (C=O) groups is 3. The highest BCUT2D eigenvalue weighted by Gasteiger charge is 2.42. The Morgan fingerprint density at radius 2 is 1.51 bits per heavy atom. The van der Waals surface area contributed by atoms with Crippen molar-refractivity contribution < 1.29 is 29.0 Å². The fourth-order valence-electron chi connectivity index (χ4n) is 5.66. The lowest BCUT2D eigenvalue weighted by atomic mass is 10.00. The van der Waals surface area contributed by atoms with E-state index >= 15 is 0 Å². The first-order valence-corrected chi connectivity index (χ1v) is 17.5. The molecule has 13 nitrogen and oxygen atoms in total. The molecule has 8 N–H and O–H groups in total. The van der Waals surface area contributed by atoms with Crippen LogP contribution in [0.25, 0.3) is 17.2 Å². The molecule has 1 saturated heterocycles. The number of ether oxygens (including phenoxy) is 2. The maximum absolute atomic E-state index is 14.3. The van der Waals surface area contributed by atoms with Gasteiger partial charge in [0.05, 0.1) is 24.8 Å². The topological polar surface area (TPSA) is 208 Å². The summed E-state index contributed by atoms with van der Waals surface area (Å²) in [5.74, 6) is -1.86. The third-order valence-electron chi connectivity index (χ3n) is 8.32. The van der Waals surface area contributed by atoms with Gasteiger partial charge in [-0.1, -0.05) is 72.8 Å². The molecule has 4 aromatic carbocycles. The van der Waals surface area contributed by atoms with Gasteiger partial charge in [-0.2, -0.15) is 0 Å². The molecule has 53 heavy (non-hydrogen) atoms. The summed E-state index contributed by atoms with van der Waals surface area (Å²) >= 11 is 1.07. The lowest BCUT2D eigenvalue weighted by Gasteiger charge is -2.28. The molecule has 0 saturated carbocycles. The van der Waals surface area contributed by atoms with Crippen molar-refractivity contribution in [1.82, 2.24) is 10.2 Å². The molecule has 3 amide bonds. The van der Waals surface area contributed by atoms with Crippen LogP contribution < -0.4 is 32.0 Å². The number of para-hydroxylation sites is 1. The lowest BCUT2D eigenvalue weighted by Crippen LogP contribution is -2.54. The smallest absolute Gasteiger partial charge is 0.267 e. The van der Waals surface area contributed by atoms with Crippen molar-refractivity contribution in [1.29, 1.82) is 0 Å². The van der Waals surface area contributed by atoms with Crippen molar-refractivity contribution in [2.24, 2.45) is 27.2 Å². The molecule has 0 spiro atoms. The monoisotopic (exact) mass is 735 g/mol. The Labute approximate surface area is 311 Å². The fraction of sp³-hybridized carbons (Fsp3) is 0.205. The summed E-state index contributed by atoms with van der Waals surface area (Å²) in [5.41, 5.74) is 20.8. The lowest BCUT2D eigenvalue weighted by molar-refractivity contribution is -0.134. The molecule has 0 radical (unpaired) electrons. The van der Waals surface area contributed by atoms with Gasteiger partial charge in [0.1, 0.15) is 12.1 Å². The average molecular weight is 736 g/mol. The SMILES string of the molecule is COc1cc(/C=C2\SC(=Nc3ccccc3)N([C@@H](CCCN=C(N)N)C(=O)N[C@@H](Cc3ccc(-c4ccccc4)cc3)C(N)=O)C2=O)cc(OC)c1O. The number of hydrogen-bond donors (Lipinski definition) is 5. The van der Waals surface area contributed by atoms with E-state index in [1.54, 1.807) is 42.5 Å². The van der Waals surface area contributed by atoms with Crippen molar-refractivity contribution >= 4 is 52.4 Å². The van der Waals surface area contributed by atoms with Crippen molar-refractivity contribution in [3.8, 4) is 28.4 Å². The normalized spacial score (nSPS) is 15.2. The van der Waals surface area contributed by atoms with E-state index < -0.39 is 29.8 Å². The van der Waals surface area contributed by atoms with E-state index in [1.165, 1.54) is 19.1 Å². The summed E-state index contributed by atoms with van der Waals surface area (Å²) in [6.07, 6.45) is 2.16. The number of amidine groups is 1. The Morgan fingerprint density at radius 1 is 0.906 bits per heavy atom. The van der Waals surface area contributed by atoms with Crippen molar-refractivity contribution in [3.05, 3.63) is 113 Å². The number of aromatic hydroxyl groups is 1. The molecule has 0 bridgehead atoms. The second-order valence-electron chi connectivity index (χ2n) is 12.0. The number of rotatable bonds is 15. The number of amides is 3. The van der Waals surface area contributed by atoms with Gasteiger partial charge in [0.15, 0.2) is 22.6 Å². The van der Waals surface area contributed by atoms with Crippen LogP contribution in [0.2, 0.25) is 0 Å². The maximum Gasteiger partial charge on any atom is 0.267 e. The van der Waals surface area contributed by atoms with Gasteiger partial charge in [-0.15, -0.1) is 0 Å². The summed E-state index contributed by atoms with van der Waals surface area (Å²) in [5, 5.41) is 13.5. The number of aliphatic imine (C=N–C) groups is 2. The van der Waals surface area contributed by atoms with Gasteiger partial charge < -0.3 is 37.1 Å². The standard InChI is InChI=1S/C39H41N7O6S/c1-51-31-21-25(22-32(52-2)34(31)47)23-33-37(50)46(39(53-33)44-28-12-7-4-8-13-28)30(14-9-19-43-38(41)42)36(49)45-29(35(40)48)20-24-15-17-27(18-16-24)26-10-5-3-6-11-26/h3-8,10-13,15-18,21-23,29-30,47H,9,14,19-20H2,1-2H3,(H2,40,48)(H,45,49)(H4,41,42,43)/b33-23-,44-39?/t29-,30-/m0/s1. The molecular formula is C39H41N7O6S. The summed E-state index contributed by atoms with van der Waals surface area (Å²) in [7, 11) is 2.80. The molecule has 1 aliphatic rings. The van der Waals surface area contributed by atoms with Crippen LogP contribution in [0.15, 0.2) is 112 Å². The van der Waals surface area contributed by atoms with Gasteiger partial charge in [0.2, 0.25) is 17.6 Å². The first-order chi connectivity index (χ1) is 25.6. The second-order valence-corrected chi connectivity index (χ2v) is 13.0. The predicted octanol–water partition coefficient (Wildman–Crippen LogP) is 4.32. The Morgan fingerprint density at radius 3 is 2.09 bits per heavy atom. The highest BCUT2D eigenvalue weighted by Crippen LogP contribution is 2.40. The summed E-state index contributed by atoms with van der Waals surface area (Å²) in [6.45, 7) is 0.190. The molecule has 0 aromatic heterocycles. The number of guanidine groups is 1. The van der Waals surface area contributed by atoms with Crippen LogP contribution in [0.3, 0.4) is 0 Å². The van der Waals surface area contributed by atoms with Crippen molar-refractivity contribution in [3.63, 3.8) is 0 Å².